The monoisotopic (exact) mass is 283 g/mol. The Bertz CT molecular complexity index is 629. The maximum atomic E-state index is 10.8. The van der Waals surface area contributed by atoms with Gasteiger partial charge in [-0.25, -0.2) is 4.79 Å². The molecule has 0 unspecified atom stereocenters. The quantitative estimate of drug-likeness (QED) is 0.807. The van der Waals surface area contributed by atoms with Crippen molar-refractivity contribution in [3.63, 3.8) is 0 Å². The molecule has 0 aliphatic carbocycles. The van der Waals surface area contributed by atoms with Gasteiger partial charge in [-0.1, -0.05) is 24.3 Å². The van der Waals surface area contributed by atoms with Crippen LogP contribution in [0.3, 0.4) is 0 Å². The largest absolute Gasteiger partial charge is 0.378 e. The average molecular weight is 283 g/mol. The summed E-state index contributed by atoms with van der Waals surface area (Å²) in [4.78, 5) is 17.8. The minimum Gasteiger partial charge on any atom is -0.378 e. The first-order valence-corrected chi connectivity index (χ1v) is 6.70. The summed E-state index contributed by atoms with van der Waals surface area (Å²) in [5.41, 5.74) is 3.35. The summed E-state index contributed by atoms with van der Waals surface area (Å²) in [6.45, 7) is 1.37. The molecule has 0 amide bonds. The Hall–Kier alpha value is -2.62. The van der Waals surface area contributed by atoms with E-state index >= 15 is 0 Å². The molecule has 1 heterocycles. The Morgan fingerprint density at radius 2 is 1.52 bits per heavy atom. The molecule has 0 spiro atoms. The Labute approximate surface area is 124 Å². The molecular weight excluding hydrogens is 264 g/mol. The first kappa shape index (κ1) is 14.8. The minimum atomic E-state index is -0.343. The standard InChI is InChI=1S/C17H19N2O2/c1-14(20)21-19-12-10-16(11-13-19)5-4-15-6-8-17(9-7-15)18(2)3/h4-13H,1-3H3/q+1. The van der Waals surface area contributed by atoms with Crippen molar-refractivity contribution in [3.05, 3.63) is 59.9 Å². The second-order valence-electron chi connectivity index (χ2n) is 4.89. The van der Waals surface area contributed by atoms with E-state index in [0.717, 1.165) is 11.1 Å². The highest BCUT2D eigenvalue weighted by atomic mass is 16.7. The van der Waals surface area contributed by atoms with Crippen LogP contribution in [-0.4, -0.2) is 20.1 Å². The van der Waals surface area contributed by atoms with Crippen molar-refractivity contribution < 1.29 is 14.4 Å². The van der Waals surface area contributed by atoms with E-state index in [-0.39, 0.29) is 5.97 Å². The van der Waals surface area contributed by atoms with Crippen molar-refractivity contribution in [1.82, 2.24) is 0 Å². The minimum absolute atomic E-state index is 0.343. The summed E-state index contributed by atoms with van der Waals surface area (Å²) in [6.07, 6.45) is 7.47. The predicted octanol–water partition coefficient (Wildman–Crippen LogP) is 2.19. The maximum Gasteiger partial charge on any atom is 0.377 e. The summed E-state index contributed by atoms with van der Waals surface area (Å²) in [5.74, 6) is -0.343. The van der Waals surface area contributed by atoms with E-state index in [1.165, 1.54) is 17.3 Å². The van der Waals surface area contributed by atoms with E-state index in [1.807, 2.05) is 38.4 Å². The van der Waals surface area contributed by atoms with Gasteiger partial charge < -0.3 is 4.90 Å². The van der Waals surface area contributed by atoms with Gasteiger partial charge in [-0.2, -0.15) is 4.84 Å². The molecule has 4 heteroatoms. The first-order valence-electron chi connectivity index (χ1n) is 6.70. The number of pyridine rings is 1. The van der Waals surface area contributed by atoms with Gasteiger partial charge in [0.25, 0.3) is 0 Å². The van der Waals surface area contributed by atoms with Crippen LogP contribution in [0.1, 0.15) is 18.1 Å². The van der Waals surface area contributed by atoms with Gasteiger partial charge in [0.05, 0.1) is 0 Å². The van der Waals surface area contributed by atoms with Crippen molar-refractivity contribution in [2.45, 2.75) is 6.92 Å². The van der Waals surface area contributed by atoms with Gasteiger partial charge in [0, 0.05) is 43.6 Å². The summed E-state index contributed by atoms with van der Waals surface area (Å²) in [5, 5.41) is 0. The first-order chi connectivity index (χ1) is 10.0. The molecule has 0 radical (unpaired) electrons. The zero-order chi connectivity index (χ0) is 15.2. The van der Waals surface area contributed by atoms with Crippen LogP contribution in [0.15, 0.2) is 48.8 Å². The van der Waals surface area contributed by atoms with E-state index in [4.69, 9.17) is 4.84 Å². The van der Waals surface area contributed by atoms with E-state index in [2.05, 4.69) is 29.2 Å². The molecule has 0 aliphatic heterocycles. The van der Waals surface area contributed by atoms with Crippen molar-refractivity contribution in [3.8, 4) is 0 Å². The van der Waals surface area contributed by atoms with Gasteiger partial charge in [0.15, 0.2) is 0 Å². The van der Waals surface area contributed by atoms with Crippen LogP contribution in [0.4, 0.5) is 5.69 Å². The van der Waals surface area contributed by atoms with Crippen LogP contribution in [0.5, 0.6) is 0 Å². The van der Waals surface area contributed by atoms with Gasteiger partial charge in [-0.15, -0.1) is 0 Å². The zero-order valence-electron chi connectivity index (χ0n) is 12.5. The van der Waals surface area contributed by atoms with Crippen LogP contribution in [0.25, 0.3) is 12.2 Å². The Morgan fingerprint density at radius 1 is 1.00 bits per heavy atom. The van der Waals surface area contributed by atoms with Crippen LogP contribution < -0.4 is 14.5 Å². The van der Waals surface area contributed by atoms with E-state index in [0.29, 0.717) is 0 Å². The van der Waals surface area contributed by atoms with Crippen molar-refractivity contribution in [2.24, 2.45) is 0 Å². The normalized spacial score (nSPS) is 10.6. The van der Waals surface area contributed by atoms with Gasteiger partial charge >= 0.3 is 5.97 Å². The summed E-state index contributed by atoms with van der Waals surface area (Å²) < 4.78 is 1.38. The number of carbonyl (C=O) groups is 1. The lowest BCUT2D eigenvalue weighted by Gasteiger charge is -2.11. The molecule has 0 saturated carbocycles. The van der Waals surface area contributed by atoms with Gasteiger partial charge in [0.1, 0.15) is 0 Å². The predicted molar refractivity (Wildman–Crippen MR) is 83.6 cm³/mol. The van der Waals surface area contributed by atoms with Crippen LogP contribution in [0.2, 0.25) is 0 Å². The van der Waals surface area contributed by atoms with Crippen molar-refractivity contribution in [2.75, 3.05) is 19.0 Å². The molecular formula is C17H19N2O2+. The fraction of sp³-hybridized carbons (Fsp3) is 0.176. The molecule has 108 valence electrons. The van der Waals surface area contributed by atoms with Gasteiger partial charge in [-0.3, -0.25) is 0 Å². The SMILES string of the molecule is CC(=O)O[n+]1ccc(C=Cc2ccc(N(C)C)cc2)cc1. The second kappa shape index (κ2) is 6.70. The number of nitrogens with zero attached hydrogens (tertiary/aromatic N) is 2. The maximum absolute atomic E-state index is 10.8. The highest BCUT2D eigenvalue weighted by Gasteiger charge is 2.03. The smallest absolute Gasteiger partial charge is 0.377 e. The molecule has 1 aromatic carbocycles. The molecule has 0 N–H and O–H groups in total. The molecule has 2 rings (SSSR count). The number of benzene rings is 1. The van der Waals surface area contributed by atoms with Crippen molar-refractivity contribution in [1.29, 1.82) is 0 Å². The molecule has 0 atom stereocenters. The number of anilines is 1. The fourth-order valence-corrected chi connectivity index (χ4v) is 1.82. The number of hydrogen-bond donors (Lipinski definition) is 0. The molecule has 0 aliphatic rings. The van der Waals surface area contributed by atoms with E-state index < -0.39 is 0 Å². The van der Waals surface area contributed by atoms with Crippen LogP contribution in [0, 0.1) is 0 Å². The van der Waals surface area contributed by atoms with E-state index in [9.17, 15) is 4.79 Å². The van der Waals surface area contributed by atoms with Crippen LogP contribution >= 0.6 is 0 Å². The molecule has 0 fully saturated rings. The number of rotatable bonds is 4. The third kappa shape index (κ3) is 4.45. The third-order valence-electron chi connectivity index (χ3n) is 2.94. The summed E-state index contributed by atoms with van der Waals surface area (Å²) >= 11 is 0. The molecule has 4 nitrogen and oxygen atoms in total. The molecule has 2 aromatic rings. The van der Waals surface area contributed by atoms with Gasteiger partial charge in [-0.05, 0) is 23.3 Å². The summed E-state index contributed by atoms with van der Waals surface area (Å²) in [7, 11) is 4.04. The lowest BCUT2D eigenvalue weighted by atomic mass is 10.1. The lowest BCUT2D eigenvalue weighted by Crippen LogP contribution is -2.44. The van der Waals surface area contributed by atoms with Crippen LogP contribution in [-0.2, 0) is 4.79 Å². The topological polar surface area (TPSA) is 33.4 Å². The number of aromatic nitrogens is 1. The number of carbonyl (C=O) groups excluding carboxylic acids is 1. The second-order valence-corrected chi connectivity index (χ2v) is 4.89. The highest BCUT2D eigenvalue weighted by molar-refractivity contribution is 5.70. The fourth-order valence-electron chi connectivity index (χ4n) is 1.82. The molecule has 1 aromatic heterocycles. The van der Waals surface area contributed by atoms with E-state index in [1.54, 1.807) is 12.4 Å². The number of hydrogen-bond acceptors (Lipinski definition) is 3. The Balaban J connectivity index is 2.05. The molecule has 0 bridgehead atoms. The van der Waals surface area contributed by atoms with Crippen molar-refractivity contribution >= 4 is 23.8 Å². The zero-order valence-corrected chi connectivity index (χ0v) is 12.5. The Kier molecular flexibility index (Phi) is 4.72. The summed E-state index contributed by atoms with van der Waals surface area (Å²) in [6, 6.07) is 12.1. The average Bonchev–Trinajstić information content (AvgIpc) is 2.46. The Morgan fingerprint density at radius 3 is 2.00 bits per heavy atom. The lowest BCUT2D eigenvalue weighted by molar-refractivity contribution is -0.869. The molecule has 21 heavy (non-hydrogen) atoms. The molecule has 0 saturated heterocycles. The third-order valence-corrected chi connectivity index (χ3v) is 2.94. The van der Waals surface area contributed by atoms with Gasteiger partial charge in [0.2, 0.25) is 12.4 Å². The highest BCUT2D eigenvalue weighted by Crippen LogP contribution is 2.14.